The third-order valence-electron chi connectivity index (χ3n) is 2.74. The average molecular weight is 307 g/mol. The van der Waals surface area contributed by atoms with Gasteiger partial charge in [-0.15, -0.1) is 0 Å². The van der Waals surface area contributed by atoms with Crippen LogP contribution in [-0.2, 0) is 0 Å². The van der Waals surface area contributed by atoms with Gasteiger partial charge in [0.2, 0.25) is 0 Å². The summed E-state index contributed by atoms with van der Waals surface area (Å²) >= 11 is 6.02. The number of primary amides is 1. The van der Waals surface area contributed by atoms with Gasteiger partial charge in [0.15, 0.2) is 0 Å². The number of non-ortho nitro benzene ring substituents is 1. The van der Waals surface area contributed by atoms with Gasteiger partial charge in [-0.2, -0.15) is 0 Å². The summed E-state index contributed by atoms with van der Waals surface area (Å²) in [6.45, 7) is 0. The third-order valence-corrected chi connectivity index (χ3v) is 3.07. The number of nitrogens with two attached hydrogens (primary N) is 2. The summed E-state index contributed by atoms with van der Waals surface area (Å²) in [5.41, 5.74) is 11.9. The number of nitro benzene ring substituents is 1. The minimum absolute atomic E-state index is 0.0114. The molecule has 108 valence electrons. The monoisotopic (exact) mass is 306 g/mol. The first-order valence-corrected chi connectivity index (χ1v) is 6.16. The van der Waals surface area contributed by atoms with Crippen molar-refractivity contribution in [2.24, 2.45) is 5.73 Å². The molecule has 0 atom stereocenters. The second-order valence-corrected chi connectivity index (χ2v) is 4.62. The molecular formula is C13H11ClN4O3. The Bertz CT molecular complexity index is 733. The Morgan fingerprint density at radius 3 is 2.52 bits per heavy atom. The maximum absolute atomic E-state index is 11.4. The summed E-state index contributed by atoms with van der Waals surface area (Å²) in [5.74, 6) is -0.791. The molecule has 21 heavy (non-hydrogen) atoms. The number of hydrogen-bond donors (Lipinski definition) is 3. The summed E-state index contributed by atoms with van der Waals surface area (Å²) in [4.78, 5) is 21.6. The fourth-order valence-corrected chi connectivity index (χ4v) is 1.91. The molecule has 0 saturated heterocycles. The SMILES string of the molecule is NC(=O)c1cc([N+](=O)[O-])ccc1Nc1cc(N)ccc1Cl. The normalized spacial score (nSPS) is 10.1. The molecule has 0 aliphatic heterocycles. The highest BCUT2D eigenvalue weighted by Gasteiger charge is 2.15. The molecule has 0 spiro atoms. The molecule has 0 bridgehead atoms. The van der Waals surface area contributed by atoms with Crippen LogP contribution in [0.25, 0.3) is 0 Å². The predicted molar refractivity (Wildman–Crippen MR) is 80.8 cm³/mol. The number of carbonyl (C=O) groups excluding carboxylic acids is 1. The van der Waals surface area contributed by atoms with Crippen molar-refractivity contribution in [1.82, 2.24) is 0 Å². The molecule has 0 aromatic heterocycles. The molecule has 7 nitrogen and oxygen atoms in total. The van der Waals surface area contributed by atoms with E-state index in [1.54, 1.807) is 18.2 Å². The molecule has 0 fully saturated rings. The summed E-state index contributed by atoms with van der Waals surface area (Å²) < 4.78 is 0. The van der Waals surface area contributed by atoms with Gasteiger partial charge in [-0.1, -0.05) is 11.6 Å². The maximum Gasteiger partial charge on any atom is 0.270 e. The van der Waals surface area contributed by atoms with Gasteiger partial charge in [0.05, 0.1) is 26.9 Å². The lowest BCUT2D eigenvalue weighted by Crippen LogP contribution is -2.13. The fraction of sp³-hybridized carbons (Fsp3) is 0. The molecule has 0 radical (unpaired) electrons. The molecule has 2 aromatic carbocycles. The van der Waals surface area contributed by atoms with Crippen molar-refractivity contribution in [3.05, 3.63) is 57.1 Å². The number of nitrogens with zero attached hydrogens (tertiary/aromatic N) is 1. The number of nitro groups is 1. The van der Waals surface area contributed by atoms with Crippen LogP contribution >= 0.6 is 11.6 Å². The number of carbonyl (C=O) groups is 1. The maximum atomic E-state index is 11.4. The first kappa shape index (κ1) is 14.6. The van der Waals surface area contributed by atoms with E-state index >= 15 is 0 Å². The Morgan fingerprint density at radius 2 is 1.90 bits per heavy atom. The first-order chi connectivity index (χ1) is 9.88. The molecular weight excluding hydrogens is 296 g/mol. The lowest BCUT2D eigenvalue weighted by Gasteiger charge is -2.12. The molecule has 2 rings (SSSR count). The van der Waals surface area contributed by atoms with Crippen molar-refractivity contribution in [2.45, 2.75) is 0 Å². The van der Waals surface area contributed by atoms with Crippen LogP contribution in [0.15, 0.2) is 36.4 Å². The number of benzene rings is 2. The molecule has 8 heteroatoms. The average Bonchev–Trinajstić information content (AvgIpc) is 2.42. The summed E-state index contributed by atoms with van der Waals surface area (Å²) in [6.07, 6.45) is 0. The smallest absolute Gasteiger partial charge is 0.270 e. The Hall–Kier alpha value is -2.80. The molecule has 0 unspecified atom stereocenters. The molecule has 2 aromatic rings. The summed E-state index contributed by atoms with van der Waals surface area (Å²) in [7, 11) is 0. The number of halogens is 1. The van der Waals surface area contributed by atoms with Gasteiger partial charge in [0, 0.05) is 17.8 Å². The van der Waals surface area contributed by atoms with Crippen LogP contribution < -0.4 is 16.8 Å². The zero-order valence-corrected chi connectivity index (χ0v) is 11.4. The van der Waals surface area contributed by atoms with Gasteiger partial charge < -0.3 is 16.8 Å². The minimum atomic E-state index is -0.791. The van der Waals surface area contributed by atoms with E-state index < -0.39 is 10.8 Å². The second-order valence-electron chi connectivity index (χ2n) is 4.22. The van der Waals surface area contributed by atoms with E-state index in [9.17, 15) is 14.9 Å². The van der Waals surface area contributed by atoms with Crippen molar-refractivity contribution in [2.75, 3.05) is 11.1 Å². The van der Waals surface area contributed by atoms with Gasteiger partial charge in [0.1, 0.15) is 0 Å². The lowest BCUT2D eigenvalue weighted by molar-refractivity contribution is -0.384. The fourth-order valence-electron chi connectivity index (χ4n) is 1.74. The highest BCUT2D eigenvalue weighted by atomic mass is 35.5. The van der Waals surface area contributed by atoms with Gasteiger partial charge in [-0.05, 0) is 24.3 Å². The van der Waals surface area contributed by atoms with Crippen LogP contribution in [0, 0.1) is 10.1 Å². The molecule has 1 amide bonds. The van der Waals surface area contributed by atoms with E-state index in [-0.39, 0.29) is 11.3 Å². The Morgan fingerprint density at radius 1 is 1.19 bits per heavy atom. The second kappa shape index (κ2) is 5.68. The Kier molecular flexibility index (Phi) is 3.95. The van der Waals surface area contributed by atoms with E-state index in [0.717, 1.165) is 6.07 Å². The van der Waals surface area contributed by atoms with Gasteiger partial charge >= 0.3 is 0 Å². The van der Waals surface area contributed by atoms with E-state index in [1.165, 1.54) is 12.1 Å². The number of nitrogens with one attached hydrogen (secondary N) is 1. The number of hydrogen-bond acceptors (Lipinski definition) is 5. The van der Waals surface area contributed by atoms with Crippen LogP contribution in [0.2, 0.25) is 5.02 Å². The van der Waals surface area contributed by atoms with Crippen molar-refractivity contribution >= 4 is 40.3 Å². The van der Waals surface area contributed by atoms with Crippen molar-refractivity contribution in [3.63, 3.8) is 0 Å². The van der Waals surface area contributed by atoms with Crippen molar-refractivity contribution in [1.29, 1.82) is 0 Å². The van der Waals surface area contributed by atoms with Gasteiger partial charge in [0.25, 0.3) is 11.6 Å². The van der Waals surface area contributed by atoms with Gasteiger partial charge in [-0.25, -0.2) is 0 Å². The van der Waals surface area contributed by atoms with Crippen LogP contribution in [0.5, 0.6) is 0 Å². The topological polar surface area (TPSA) is 124 Å². The standard InChI is InChI=1S/C13H11ClN4O3/c14-10-3-1-7(15)5-12(10)17-11-4-2-8(18(20)21)6-9(11)13(16)19/h1-6,17H,15H2,(H2,16,19). The van der Waals surface area contributed by atoms with Gasteiger partial charge in [-0.3, -0.25) is 14.9 Å². The number of rotatable bonds is 4. The highest BCUT2D eigenvalue weighted by molar-refractivity contribution is 6.33. The summed E-state index contributed by atoms with van der Waals surface area (Å²) in [6, 6.07) is 8.54. The van der Waals surface area contributed by atoms with Crippen LogP contribution in [0.4, 0.5) is 22.7 Å². The third kappa shape index (κ3) is 3.21. The first-order valence-electron chi connectivity index (χ1n) is 5.79. The molecule has 0 saturated carbocycles. The zero-order valence-electron chi connectivity index (χ0n) is 10.7. The molecule has 0 aliphatic carbocycles. The van der Waals surface area contributed by atoms with Crippen LogP contribution in [-0.4, -0.2) is 10.8 Å². The minimum Gasteiger partial charge on any atom is -0.399 e. The highest BCUT2D eigenvalue weighted by Crippen LogP contribution is 2.30. The molecule has 0 heterocycles. The Labute approximate surface area is 124 Å². The Balaban J connectivity index is 2.46. The molecule has 5 N–H and O–H groups in total. The molecule has 0 aliphatic rings. The van der Waals surface area contributed by atoms with E-state index in [1.807, 2.05) is 0 Å². The van der Waals surface area contributed by atoms with E-state index in [2.05, 4.69) is 5.32 Å². The van der Waals surface area contributed by atoms with Crippen LogP contribution in [0.3, 0.4) is 0 Å². The zero-order chi connectivity index (χ0) is 15.6. The largest absolute Gasteiger partial charge is 0.399 e. The summed E-state index contributed by atoms with van der Waals surface area (Å²) in [5, 5.41) is 14.0. The van der Waals surface area contributed by atoms with E-state index in [4.69, 9.17) is 23.1 Å². The number of amides is 1. The van der Waals surface area contributed by atoms with Crippen molar-refractivity contribution < 1.29 is 9.72 Å². The lowest BCUT2D eigenvalue weighted by atomic mass is 10.1. The van der Waals surface area contributed by atoms with E-state index in [0.29, 0.717) is 22.1 Å². The van der Waals surface area contributed by atoms with Crippen LogP contribution in [0.1, 0.15) is 10.4 Å². The van der Waals surface area contributed by atoms with Crippen molar-refractivity contribution in [3.8, 4) is 0 Å². The predicted octanol–water partition coefficient (Wildman–Crippen LogP) is 2.67. The number of nitrogen functional groups attached to an aromatic ring is 1. The quantitative estimate of drug-likeness (QED) is 0.455. The number of anilines is 3.